The van der Waals surface area contributed by atoms with Crippen LogP contribution in [0, 0.1) is 0 Å². The summed E-state index contributed by atoms with van der Waals surface area (Å²) in [6.45, 7) is 0. The Bertz CT molecular complexity index is 33.9. The number of halogens is 2. The van der Waals surface area contributed by atoms with Gasteiger partial charge in [-0.25, -0.2) is 0 Å². The maximum absolute atomic E-state index is 3.28. The third kappa shape index (κ3) is 7.72. The van der Waals surface area contributed by atoms with Gasteiger partial charge in [-0.05, 0) is 14.1 Å². The van der Waals surface area contributed by atoms with Crippen LogP contribution in [0.25, 0.3) is 0 Å². The van der Waals surface area contributed by atoms with E-state index in [-0.39, 0.29) is 23.9 Å². The zero-order valence-corrected chi connectivity index (χ0v) is 11.7. The van der Waals surface area contributed by atoms with Gasteiger partial charge in [-0.3, -0.25) is 4.90 Å². The summed E-state index contributed by atoms with van der Waals surface area (Å²) in [6.07, 6.45) is 0. The van der Waals surface area contributed by atoms with Crippen molar-refractivity contribution >= 4 is 55.8 Å². The molecule has 0 fully saturated rings. The molecule has 44 valence electrons. The van der Waals surface area contributed by atoms with Crippen LogP contribution in [0.1, 0.15) is 0 Å². The van der Waals surface area contributed by atoms with Crippen LogP contribution in [0.15, 0.2) is 0 Å². The zero-order chi connectivity index (χ0) is 5.15. The third-order valence-electron chi connectivity index (χ3n) is 0.390. The van der Waals surface area contributed by atoms with E-state index in [1.165, 1.54) is 0 Å². The molecular formula is C3H9Br2NSn. The number of rotatable bonds is 1. The molecule has 4 heteroatoms. The first-order valence-corrected chi connectivity index (χ1v) is 3.42. The fourth-order valence-corrected chi connectivity index (χ4v) is 0. The van der Waals surface area contributed by atoms with Crippen molar-refractivity contribution in [2.24, 2.45) is 0 Å². The monoisotopic (exact) mass is 337 g/mol. The number of hydrogen-bond acceptors (Lipinski definition) is 1. The molecule has 0 aromatic rings. The molecule has 7 heavy (non-hydrogen) atoms. The van der Waals surface area contributed by atoms with Crippen molar-refractivity contribution in [1.82, 2.24) is 4.90 Å². The maximum atomic E-state index is 3.28. The van der Waals surface area contributed by atoms with Crippen molar-refractivity contribution < 1.29 is 0 Å². The second-order valence-electron chi connectivity index (χ2n) is 1.24. The minimum atomic E-state index is 0. The van der Waals surface area contributed by atoms with Gasteiger partial charge in [0.15, 0.2) is 0 Å². The molecule has 0 unspecified atom stereocenters. The molecule has 0 aliphatic rings. The molecule has 0 heterocycles. The summed E-state index contributed by atoms with van der Waals surface area (Å²) < 4.78 is 0.310. The Morgan fingerprint density at radius 3 is 1.43 bits per heavy atom. The fourth-order valence-electron chi connectivity index (χ4n) is 0. The molecule has 0 saturated heterocycles. The van der Waals surface area contributed by atoms with E-state index in [1.54, 1.807) is 0 Å². The van der Waals surface area contributed by atoms with E-state index in [4.69, 9.17) is 0 Å². The molecule has 0 N–H and O–H groups in total. The number of nitrogens with zero attached hydrogens (tertiary/aromatic N) is 1. The molecule has 0 aromatic carbocycles. The standard InChI is InChI=1S/C3H7Br2N.Sn.2H/c1-6(2)3(4)5;;;/h3H,1-2H3;;;. The van der Waals surface area contributed by atoms with Gasteiger partial charge in [-0.15, -0.1) is 0 Å². The molecule has 0 bridgehead atoms. The molecule has 0 saturated carbocycles. The minimum absolute atomic E-state index is 0. The summed E-state index contributed by atoms with van der Waals surface area (Å²) >= 11 is 6.56. The second-order valence-corrected chi connectivity index (χ2v) is 4.20. The van der Waals surface area contributed by atoms with Crippen LogP contribution in [-0.4, -0.2) is 46.8 Å². The summed E-state index contributed by atoms with van der Waals surface area (Å²) in [7, 11) is 3.96. The van der Waals surface area contributed by atoms with Gasteiger partial charge in [-0.1, -0.05) is 31.9 Å². The molecule has 0 aliphatic heterocycles. The predicted molar refractivity (Wildman–Crippen MR) is 43.9 cm³/mol. The first-order valence-electron chi connectivity index (χ1n) is 1.59. The molecule has 0 amide bonds. The molecule has 2 radical (unpaired) electrons. The number of hydrogen-bond donors (Lipinski definition) is 0. The SMILES string of the molecule is CN(C)C(Br)Br.[SnH2]. The van der Waals surface area contributed by atoms with Gasteiger partial charge in [0.1, 0.15) is 3.86 Å². The fraction of sp³-hybridized carbons (Fsp3) is 1.00. The van der Waals surface area contributed by atoms with Crippen LogP contribution in [0.2, 0.25) is 0 Å². The van der Waals surface area contributed by atoms with Crippen LogP contribution in [0.4, 0.5) is 0 Å². The molecule has 0 aromatic heterocycles. The van der Waals surface area contributed by atoms with Gasteiger partial charge in [0.2, 0.25) is 0 Å². The Kier molecular flexibility index (Phi) is 9.61. The van der Waals surface area contributed by atoms with Crippen molar-refractivity contribution in [3.63, 3.8) is 0 Å². The van der Waals surface area contributed by atoms with Gasteiger partial charge < -0.3 is 0 Å². The quantitative estimate of drug-likeness (QED) is 0.387. The van der Waals surface area contributed by atoms with Gasteiger partial charge in [0, 0.05) is 0 Å². The summed E-state index contributed by atoms with van der Waals surface area (Å²) in [5.41, 5.74) is 0. The van der Waals surface area contributed by atoms with E-state index >= 15 is 0 Å². The molecule has 0 rings (SSSR count). The van der Waals surface area contributed by atoms with Crippen molar-refractivity contribution in [3.8, 4) is 0 Å². The normalized spacial score (nSPS) is 9.43. The Labute approximate surface area is 78.0 Å². The van der Waals surface area contributed by atoms with E-state index < -0.39 is 0 Å². The summed E-state index contributed by atoms with van der Waals surface area (Å²) in [6, 6.07) is 0. The molecule has 0 atom stereocenters. The molecule has 1 nitrogen and oxygen atoms in total. The summed E-state index contributed by atoms with van der Waals surface area (Å²) in [4.78, 5) is 2.00. The average Bonchev–Trinajstić information content (AvgIpc) is 1.36. The van der Waals surface area contributed by atoms with E-state index in [0.717, 1.165) is 0 Å². The topological polar surface area (TPSA) is 3.24 Å². The van der Waals surface area contributed by atoms with Gasteiger partial charge in [-0.2, -0.15) is 0 Å². The molecular weight excluding hydrogens is 329 g/mol. The van der Waals surface area contributed by atoms with Gasteiger partial charge in [0.05, 0.1) is 0 Å². The van der Waals surface area contributed by atoms with Gasteiger partial charge >= 0.3 is 23.9 Å². The summed E-state index contributed by atoms with van der Waals surface area (Å²) in [5.74, 6) is 0. The predicted octanol–water partition coefficient (Wildman–Crippen LogP) is 0.705. The first kappa shape index (κ1) is 11.5. The average molecular weight is 338 g/mol. The Balaban J connectivity index is 0. The van der Waals surface area contributed by atoms with E-state index in [2.05, 4.69) is 31.9 Å². The second kappa shape index (κ2) is 5.85. The van der Waals surface area contributed by atoms with E-state index in [9.17, 15) is 0 Å². The van der Waals surface area contributed by atoms with Crippen LogP contribution < -0.4 is 0 Å². The summed E-state index contributed by atoms with van der Waals surface area (Å²) in [5, 5.41) is 0. The Morgan fingerprint density at radius 1 is 1.29 bits per heavy atom. The van der Waals surface area contributed by atoms with Crippen LogP contribution >= 0.6 is 31.9 Å². The van der Waals surface area contributed by atoms with E-state index in [0.29, 0.717) is 3.86 Å². The van der Waals surface area contributed by atoms with Crippen LogP contribution in [0.5, 0.6) is 0 Å². The van der Waals surface area contributed by atoms with Crippen molar-refractivity contribution in [3.05, 3.63) is 0 Å². The Hall–Kier alpha value is 1.72. The number of alkyl halides is 2. The molecule has 0 aliphatic carbocycles. The van der Waals surface area contributed by atoms with Gasteiger partial charge in [0.25, 0.3) is 0 Å². The molecule has 0 spiro atoms. The van der Waals surface area contributed by atoms with E-state index in [1.807, 2.05) is 19.0 Å². The van der Waals surface area contributed by atoms with Crippen LogP contribution in [-0.2, 0) is 0 Å². The Morgan fingerprint density at radius 2 is 1.43 bits per heavy atom. The van der Waals surface area contributed by atoms with Crippen molar-refractivity contribution in [2.45, 2.75) is 3.86 Å². The van der Waals surface area contributed by atoms with Crippen molar-refractivity contribution in [1.29, 1.82) is 0 Å². The first-order chi connectivity index (χ1) is 2.64. The zero-order valence-electron chi connectivity index (χ0n) is 4.49. The third-order valence-corrected chi connectivity index (χ3v) is 2.03. The van der Waals surface area contributed by atoms with Crippen LogP contribution in [0.3, 0.4) is 0 Å². The van der Waals surface area contributed by atoms with Crippen molar-refractivity contribution in [2.75, 3.05) is 14.1 Å².